The van der Waals surface area contributed by atoms with E-state index < -0.39 is 78.2 Å². The van der Waals surface area contributed by atoms with Crippen molar-refractivity contribution >= 4 is 63.1 Å². The van der Waals surface area contributed by atoms with Crippen molar-refractivity contribution in [1.82, 2.24) is 40.4 Å². The van der Waals surface area contributed by atoms with Gasteiger partial charge in [-0.2, -0.15) is 0 Å². The van der Waals surface area contributed by atoms with E-state index >= 15 is 17.6 Å². The molecule has 4 aliphatic rings. The number of alkyl halides is 2. The van der Waals surface area contributed by atoms with Crippen LogP contribution in [0.3, 0.4) is 0 Å². The summed E-state index contributed by atoms with van der Waals surface area (Å²) < 4.78 is 72.6. The first kappa shape index (κ1) is 49.1. The number of benzene rings is 3. The van der Waals surface area contributed by atoms with E-state index in [9.17, 15) is 19.2 Å². The molecule has 3 saturated heterocycles. The van der Waals surface area contributed by atoms with Crippen LogP contribution in [0.5, 0.6) is 0 Å². The molecule has 0 bridgehead atoms. The number of amides is 4. The molecule has 7 atom stereocenters. The fraction of sp³-hybridized carbons (Fsp3) is 0.490. The van der Waals surface area contributed by atoms with Crippen LogP contribution in [0.2, 0.25) is 0 Å². The smallest absolute Gasteiger partial charge is 0.407 e. The van der Waals surface area contributed by atoms with Crippen molar-refractivity contribution in [1.29, 1.82) is 0 Å². The zero-order valence-corrected chi connectivity index (χ0v) is 40.6. The summed E-state index contributed by atoms with van der Waals surface area (Å²) in [5.74, 6) is -2.31. The number of aromatic nitrogens is 4. The lowest BCUT2D eigenvalue weighted by atomic mass is 10.0. The summed E-state index contributed by atoms with van der Waals surface area (Å²) >= 11 is 0. The lowest BCUT2D eigenvalue weighted by molar-refractivity contribution is -0.135. The van der Waals surface area contributed by atoms with Crippen molar-refractivity contribution in [2.75, 3.05) is 50.2 Å². The molecule has 0 saturated carbocycles. The van der Waals surface area contributed by atoms with Gasteiger partial charge in [-0.25, -0.2) is 37.1 Å². The number of aromatic amines is 2. The van der Waals surface area contributed by atoms with Gasteiger partial charge in [0.2, 0.25) is 11.8 Å². The van der Waals surface area contributed by atoms with E-state index in [1.807, 2.05) is 41.3 Å². The predicted octanol–water partition coefficient (Wildman–Crippen LogP) is 8.68. The third-order valence-electron chi connectivity index (χ3n) is 14.3. The molecule has 1 unspecified atom stereocenters. The van der Waals surface area contributed by atoms with Crippen molar-refractivity contribution < 1.29 is 46.2 Å². The molecule has 16 nitrogen and oxygen atoms in total. The summed E-state index contributed by atoms with van der Waals surface area (Å²) in [6.07, 6.45) is 0.797. The fourth-order valence-electron chi connectivity index (χ4n) is 10.7. The van der Waals surface area contributed by atoms with Crippen LogP contribution in [0.4, 0.5) is 38.5 Å². The van der Waals surface area contributed by atoms with Gasteiger partial charge in [-0.05, 0) is 97.5 Å². The van der Waals surface area contributed by atoms with E-state index in [2.05, 4.69) is 20.6 Å². The second-order valence-electron chi connectivity index (χ2n) is 19.7. The van der Waals surface area contributed by atoms with Crippen LogP contribution in [0.1, 0.15) is 107 Å². The Bertz CT molecular complexity index is 2840. The summed E-state index contributed by atoms with van der Waals surface area (Å²) in [6.45, 7) is 7.76. The number of nitrogens with zero attached hydrogens (tertiary/aromatic N) is 6. The molecule has 0 aliphatic carbocycles. The monoisotopic (exact) mass is 984 g/mol. The third-order valence-corrected chi connectivity index (χ3v) is 14.3. The normalized spacial score (nSPS) is 22.4. The lowest BCUT2D eigenvalue weighted by Gasteiger charge is -2.35. The molecule has 0 spiro atoms. The molecule has 4 N–H and O–H groups in total. The van der Waals surface area contributed by atoms with E-state index in [0.29, 0.717) is 59.5 Å². The number of anilines is 2. The Kier molecular flexibility index (Phi) is 13.9. The first-order valence-electron chi connectivity index (χ1n) is 24.4. The average molecular weight is 985 g/mol. The second kappa shape index (κ2) is 20.1. The minimum Gasteiger partial charge on any atom is -0.453 e. The Morgan fingerprint density at radius 1 is 0.718 bits per heavy atom. The minimum atomic E-state index is -1.48. The van der Waals surface area contributed by atoms with Crippen LogP contribution in [-0.4, -0.2) is 119 Å². The Hall–Kier alpha value is -6.86. The van der Waals surface area contributed by atoms with E-state index in [-0.39, 0.29) is 48.6 Å². The third kappa shape index (κ3) is 9.68. The molecule has 9 rings (SSSR count). The van der Waals surface area contributed by atoms with Crippen LogP contribution in [0, 0.1) is 23.5 Å². The van der Waals surface area contributed by atoms with E-state index in [0.717, 1.165) is 30.4 Å². The standard InChI is InChI=1S/C51H60F4N10O6/c1-26(2)43(60-50(68)70-5)48(66)63-24-30(52)20-41(63)46-56-35-12-10-28(18-37(35)58-46)39-14-15-40(65(39)32-22-33(54)45(34(55)23-32)62-16-8-7-9-17-62)29-11-13-36-38(19-29)59-47(57-36)42-21-31(53)25-64(42)49(67)44(27(3)4)61-51(69)71-6/h10-13,18-20,22-23,26-27,30-31,39-40,42-44H,7-9,14-17,21,24-25H2,1-6H3,(H,56,58)(H,57,59)(H,60,68)(H,61,69)/t30-,31-,39-,40-,42?,43+,44+/m1/s1. The number of methoxy groups -OCH3 is 2. The van der Waals surface area contributed by atoms with Gasteiger partial charge < -0.3 is 49.7 Å². The van der Waals surface area contributed by atoms with Crippen LogP contribution >= 0.6 is 0 Å². The highest BCUT2D eigenvalue weighted by molar-refractivity contribution is 5.94. The van der Waals surface area contributed by atoms with E-state index in [1.54, 1.807) is 32.6 Å². The average Bonchev–Trinajstić information content (AvgIpc) is 4.20. The molecule has 2 aromatic heterocycles. The number of hydrogen-bond acceptors (Lipinski definition) is 10. The Morgan fingerprint density at radius 2 is 1.28 bits per heavy atom. The number of H-pyrrole nitrogens is 2. The molecule has 5 aromatic rings. The maximum atomic E-state index is 16.4. The predicted molar refractivity (Wildman–Crippen MR) is 259 cm³/mol. The largest absolute Gasteiger partial charge is 0.453 e. The molecule has 0 radical (unpaired) electrons. The lowest BCUT2D eigenvalue weighted by Crippen LogP contribution is -2.51. The van der Waals surface area contributed by atoms with Crippen molar-refractivity contribution in [3.63, 3.8) is 0 Å². The number of carbonyl (C=O) groups is 4. The number of likely N-dealkylation sites (tertiary alicyclic amines) is 1. The number of alkyl carbamates (subject to hydrolysis) is 2. The van der Waals surface area contributed by atoms with E-state index in [4.69, 9.17) is 19.4 Å². The quantitative estimate of drug-likeness (QED) is 0.0884. The van der Waals surface area contributed by atoms with Crippen molar-refractivity contribution in [3.05, 3.63) is 89.0 Å². The van der Waals surface area contributed by atoms with Crippen LogP contribution < -0.4 is 20.4 Å². The number of hydrogen-bond donors (Lipinski definition) is 4. The molecule has 6 heterocycles. The van der Waals surface area contributed by atoms with Gasteiger partial charge in [-0.3, -0.25) is 9.59 Å². The number of carbonyl (C=O) groups excluding carboxylic acids is 4. The van der Waals surface area contributed by atoms with Gasteiger partial charge in [0, 0.05) is 25.2 Å². The summed E-state index contributed by atoms with van der Waals surface area (Å²) in [4.78, 5) is 74.7. The summed E-state index contributed by atoms with van der Waals surface area (Å²) in [5, 5.41) is 5.15. The van der Waals surface area contributed by atoms with Gasteiger partial charge in [-0.1, -0.05) is 39.8 Å². The number of ether oxygens (including phenoxy) is 2. The van der Waals surface area contributed by atoms with Gasteiger partial charge in [-0.15, -0.1) is 0 Å². The van der Waals surface area contributed by atoms with Gasteiger partial charge in [0.25, 0.3) is 0 Å². The fourth-order valence-corrected chi connectivity index (χ4v) is 10.7. The Labute approximate surface area is 408 Å². The molecule has 71 heavy (non-hydrogen) atoms. The highest BCUT2D eigenvalue weighted by Crippen LogP contribution is 2.49. The second-order valence-corrected chi connectivity index (χ2v) is 19.7. The van der Waals surface area contributed by atoms with Crippen LogP contribution in [0.15, 0.2) is 54.6 Å². The zero-order valence-electron chi connectivity index (χ0n) is 40.6. The molecule has 20 heteroatoms. The first-order valence-corrected chi connectivity index (χ1v) is 24.4. The number of halogens is 4. The maximum Gasteiger partial charge on any atom is 0.407 e. The van der Waals surface area contributed by atoms with Crippen LogP contribution in [0.25, 0.3) is 27.8 Å². The van der Waals surface area contributed by atoms with Gasteiger partial charge >= 0.3 is 12.2 Å². The number of imidazole rings is 2. The number of nitrogens with one attached hydrogen (secondary N) is 4. The molecule has 3 fully saturated rings. The van der Waals surface area contributed by atoms with Gasteiger partial charge in [0.1, 0.15) is 35.9 Å². The van der Waals surface area contributed by atoms with Crippen molar-refractivity contribution in [2.45, 2.75) is 109 Å². The Balaban J connectivity index is 1.05. The topological polar surface area (TPSA) is 181 Å². The van der Waals surface area contributed by atoms with Gasteiger partial charge in [0.15, 0.2) is 17.5 Å². The zero-order chi connectivity index (χ0) is 50.4. The molecular formula is C51H60F4N10O6. The SMILES string of the molecule is COC(=O)N[C@H](C(=O)N1C[C@H](F)C=C1c1nc2ccc([C@H]3CC[C@H](c4ccc5nc(C6C[C@@H](F)CN6C(=O)[C@@H](NC(=O)OC)C(C)C)[nH]c5c4)N3c3cc(F)c(N4CCCCC4)c(F)c3)cc2[nH]1)C(C)C. The molecule has 3 aromatic carbocycles. The summed E-state index contributed by atoms with van der Waals surface area (Å²) in [6, 6.07) is 10.6. The minimum absolute atomic E-state index is 0.00371. The molecule has 4 amide bonds. The van der Waals surface area contributed by atoms with Crippen molar-refractivity contribution in [3.8, 4) is 0 Å². The molecular weight excluding hydrogens is 925 g/mol. The maximum absolute atomic E-state index is 16.4. The number of fused-ring (bicyclic) bond motifs is 2. The molecule has 4 aliphatic heterocycles. The van der Waals surface area contributed by atoms with Gasteiger partial charge in [0.05, 0.1) is 73.2 Å². The van der Waals surface area contributed by atoms with Crippen LogP contribution in [-0.2, 0) is 19.1 Å². The van der Waals surface area contributed by atoms with E-state index in [1.165, 1.54) is 42.2 Å². The van der Waals surface area contributed by atoms with Crippen molar-refractivity contribution in [2.24, 2.45) is 11.8 Å². The first-order chi connectivity index (χ1) is 34.0. The molecule has 378 valence electrons. The summed E-state index contributed by atoms with van der Waals surface area (Å²) in [7, 11) is 2.40. The Morgan fingerprint density at radius 3 is 1.86 bits per heavy atom. The highest BCUT2D eigenvalue weighted by Gasteiger charge is 2.43. The number of rotatable bonds is 12. The number of piperidine rings is 1. The summed E-state index contributed by atoms with van der Waals surface area (Å²) in [5.41, 5.74) is 4.49. The highest BCUT2D eigenvalue weighted by atomic mass is 19.1.